The molecule has 0 aromatic rings. The molecule has 0 aliphatic rings. The molecule has 0 N–H and O–H groups in total. The van der Waals surface area contributed by atoms with Crippen LogP contribution < -0.4 is 0 Å². The minimum atomic E-state index is -0.693. The zero-order valence-corrected chi connectivity index (χ0v) is 25.0. The second-order valence-corrected chi connectivity index (χ2v) is 10.7. The van der Waals surface area contributed by atoms with E-state index in [2.05, 4.69) is 41.5 Å². The Hall–Kier alpha value is -1.59. The Morgan fingerprint density at radius 3 is 1.35 bits per heavy atom. The maximum absolute atomic E-state index is 13.0. The molecule has 0 bridgehead atoms. The minimum absolute atomic E-state index is 0.0594. The summed E-state index contributed by atoms with van der Waals surface area (Å²) in [5.41, 5.74) is 0. The number of rotatable bonds is 24. The summed E-state index contributed by atoms with van der Waals surface area (Å²) in [6, 6.07) is 0. The fourth-order valence-electron chi connectivity index (χ4n) is 4.36. The molecule has 4 atom stereocenters. The van der Waals surface area contributed by atoms with Crippen molar-refractivity contribution in [1.82, 2.24) is 0 Å². The Kier molecular flexibility index (Phi) is 22.5. The van der Waals surface area contributed by atoms with Crippen molar-refractivity contribution in [2.24, 2.45) is 23.7 Å². The van der Waals surface area contributed by atoms with Gasteiger partial charge in [0.15, 0.2) is 0 Å². The highest BCUT2D eigenvalue weighted by Crippen LogP contribution is 2.20. The van der Waals surface area contributed by atoms with Crippen molar-refractivity contribution < 1.29 is 28.6 Å². The molecule has 0 saturated heterocycles. The molecule has 0 rings (SSSR count). The molecule has 4 unspecified atom stereocenters. The molecule has 0 amide bonds. The van der Waals surface area contributed by atoms with Crippen LogP contribution in [-0.4, -0.2) is 37.7 Å². The molecule has 0 aliphatic carbocycles. The zero-order valence-electron chi connectivity index (χ0n) is 25.0. The average Bonchev–Trinajstić information content (AvgIpc) is 2.91. The van der Waals surface area contributed by atoms with E-state index in [4.69, 9.17) is 14.2 Å². The van der Waals surface area contributed by atoms with Crippen LogP contribution >= 0.6 is 0 Å². The minimum Gasteiger partial charge on any atom is -0.465 e. The molecule has 37 heavy (non-hydrogen) atoms. The Balaban J connectivity index is 4.97. The largest absolute Gasteiger partial charge is 0.465 e. The van der Waals surface area contributed by atoms with Gasteiger partial charge in [-0.05, 0) is 43.4 Å². The predicted molar refractivity (Wildman–Crippen MR) is 150 cm³/mol. The fourth-order valence-corrected chi connectivity index (χ4v) is 4.36. The van der Waals surface area contributed by atoms with Gasteiger partial charge in [-0.1, -0.05) is 99.3 Å². The zero-order chi connectivity index (χ0) is 27.9. The standard InChI is InChI=1S/C31H58O6/c1-7-13-16-25(10-4)22-35-29(32)20-19-28(31(34)37-24-27(12-6)18-15-9-3)21-30(33)36-23-26(11-5)17-14-8-2/h25-28H,7-24H2,1-6H3. The van der Waals surface area contributed by atoms with Crippen LogP contribution in [0.25, 0.3) is 0 Å². The van der Waals surface area contributed by atoms with Gasteiger partial charge in [0, 0.05) is 6.42 Å². The highest BCUT2D eigenvalue weighted by Gasteiger charge is 2.27. The topological polar surface area (TPSA) is 78.9 Å². The van der Waals surface area contributed by atoms with Gasteiger partial charge in [0.25, 0.3) is 0 Å². The molecule has 0 saturated carbocycles. The second-order valence-electron chi connectivity index (χ2n) is 10.7. The van der Waals surface area contributed by atoms with Crippen molar-refractivity contribution in [3.8, 4) is 0 Å². The maximum atomic E-state index is 13.0. The number of esters is 3. The summed E-state index contributed by atoms with van der Waals surface area (Å²) in [6.45, 7) is 13.9. The first-order valence-electron chi connectivity index (χ1n) is 15.3. The van der Waals surface area contributed by atoms with Gasteiger partial charge in [-0.15, -0.1) is 0 Å². The van der Waals surface area contributed by atoms with Crippen molar-refractivity contribution in [3.63, 3.8) is 0 Å². The highest BCUT2D eigenvalue weighted by molar-refractivity contribution is 5.80. The van der Waals surface area contributed by atoms with Gasteiger partial charge in [0.1, 0.15) is 0 Å². The van der Waals surface area contributed by atoms with Gasteiger partial charge in [-0.3, -0.25) is 14.4 Å². The second kappa shape index (κ2) is 23.5. The van der Waals surface area contributed by atoms with Crippen molar-refractivity contribution >= 4 is 17.9 Å². The van der Waals surface area contributed by atoms with Gasteiger partial charge in [0.05, 0.1) is 32.2 Å². The first-order chi connectivity index (χ1) is 17.8. The van der Waals surface area contributed by atoms with E-state index >= 15 is 0 Å². The van der Waals surface area contributed by atoms with Crippen LogP contribution in [-0.2, 0) is 28.6 Å². The van der Waals surface area contributed by atoms with Crippen molar-refractivity contribution in [2.75, 3.05) is 19.8 Å². The SMILES string of the molecule is CCCCC(CC)COC(=O)CCC(CC(=O)OCC(CC)CCCC)C(=O)OCC(CC)CCCC. The third-order valence-electron chi connectivity index (χ3n) is 7.49. The van der Waals surface area contributed by atoms with Crippen LogP contribution in [0.3, 0.4) is 0 Å². The summed E-state index contributed by atoms with van der Waals surface area (Å²) >= 11 is 0. The molecular formula is C31H58O6. The lowest BCUT2D eigenvalue weighted by atomic mass is 9.98. The Morgan fingerprint density at radius 1 is 0.541 bits per heavy atom. The van der Waals surface area contributed by atoms with Gasteiger partial charge in [-0.2, -0.15) is 0 Å². The molecule has 0 radical (unpaired) electrons. The molecule has 0 aromatic carbocycles. The van der Waals surface area contributed by atoms with Gasteiger partial charge in [0.2, 0.25) is 0 Å². The Morgan fingerprint density at radius 2 is 0.946 bits per heavy atom. The molecule has 0 fully saturated rings. The first kappa shape index (κ1) is 35.4. The van der Waals surface area contributed by atoms with Crippen LogP contribution in [0.15, 0.2) is 0 Å². The molecular weight excluding hydrogens is 468 g/mol. The van der Waals surface area contributed by atoms with Crippen molar-refractivity contribution in [2.45, 2.75) is 138 Å². The molecule has 6 nitrogen and oxygen atoms in total. The van der Waals surface area contributed by atoms with Crippen molar-refractivity contribution in [1.29, 1.82) is 0 Å². The number of hydrogen-bond acceptors (Lipinski definition) is 6. The summed E-state index contributed by atoms with van der Waals surface area (Å²) in [5, 5.41) is 0. The van der Waals surface area contributed by atoms with Crippen LogP contribution in [0.1, 0.15) is 138 Å². The average molecular weight is 527 g/mol. The van der Waals surface area contributed by atoms with E-state index in [1.54, 1.807) is 0 Å². The summed E-state index contributed by atoms with van der Waals surface area (Å²) in [6.07, 6.45) is 12.9. The van der Waals surface area contributed by atoms with E-state index in [0.29, 0.717) is 37.6 Å². The number of carbonyl (C=O) groups is 3. The molecule has 0 aromatic heterocycles. The van der Waals surface area contributed by atoms with E-state index < -0.39 is 17.9 Å². The van der Waals surface area contributed by atoms with Crippen molar-refractivity contribution in [3.05, 3.63) is 0 Å². The fraction of sp³-hybridized carbons (Fsp3) is 0.903. The smallest absolute Gasteiger partial charge is 0.309 e. The van der Waals surface area contributed by atoms with E-state index in [1.165, 1.54) is 0 Å². The highest BCUT2D eigenvalue weighted by atomic mass is 16.5. The van der Waals surface area contributed by atoms with Gasteiger partial charge in [-0.25, -0.2) is 0 Å². The van der Waals surface area contributed by atoms with Gasteiger partial charge >= 0.3 is 17.9 Å². The lowest BCUT2D eigenvalue weighted by molar-refractivity contribution is -0.158. The van der Waals surface area contributed by atoms with Crippen LogP contribution in [0.5, 0.6) is 0 Å². The van der Waals surface area contributed by atoms with E-state index in [1.807, 2.05) is 0 Å². The molecule has 0 heterocycles. The quantitative estimate of drug-likeness (QED) is 0.0935. The molecule has 0 aliphatic heterocycles. The summed E-state index contributed by atoms with van der Waals surface area (Å²) < 4.78 is 16.7. The number of hydrogen-bond donors (Lipinski definition) is 0. The maximum Gasteiger partial charge on any atom is 0.309 e. The Bertz CT molecular complexity index is 590. The summed E-state index contributed by atoms with van der Waals surface area (Å²) in [5.74, 6) is -0.789. The third kappa shape index (κ3) is 18.3. The predicted octanol–water partition coefficient (Wildman–Crippen LogP) is 8.05. The van der Waals surface area contributed by atoms with Crippen LogP contribution in [0, 0.1) is 23.7 Å². The van der Waals surface area contributed by atoms with E-state index in [0.717, 1.165) is 77.0 Å². The first-order valence-corrected chi connectivity index (χ1v) is 15.3. The normalized spacial score (nSPS) is 14.4. The molecule has 6 heteroatoms. The van der Waals surface area contributed by atoms with Gasteiger partial charge < -0.3 is 14.2 Å². The molecule has 218 valence electrons. The number of unbranched alkanes of at least 4 members (excludes halogenated alkanes) is 3. The summed E-state index contributed by atoms with van der Waals surface area (Å²) in [7, 11) is 0. The summed E-state index contributed by atoms with van der Waals surface area (Å²) in [4.78, 5) is 38.1. The lowest BCUT2D eigenvalue weighted by Gasteiger charge is -2.20. The lowest BCUT2D eigenvalue weighted by Crippen LogP contribution is -2.26. The third-order valence-corrected chi connectivity index (χ3v) is 7.49. The van der Waals surface area contributed by atoms with E-state index in [9.17, 15) is 14.4 Å². The monoisotopic (exact) mass is 526 g/mol. The van der Waals surface area contributed by atoms with Crippen LogP contribution in [0.4, 0.5) is 0 Å². The molecule has 0 spiro atoms. The number of carbonyl (C=O) groups excluding carboxylic acids is 3. The number of ether oxygens (including phenoxy) is 3. The van der Waals surface area contributed by atoms with E-state index in [-0.39, 0.29) is 25.2 Å². The van der Waals surface area contributed by atoms with Crippen LogP contribution in [0.2, 0.25) is 0 Å². The Labute approximate surface area is 228 Å².